The average Bonchev–Trinajstić information content (AvgIpc) is 2.81. The molecular weight excluding hydrogens is 404 g/mol. The molecule has 0 bridgehead atoms. The summed E-state index contributed by atoms with van der Waals surface area (Å²) in [5.41, 5.74) is 12.3. The van der Waals surface area contributed by atoms with Gasteiger partial charge in [-0.15, -0.1) is 0 Å². The van der Waals surface area contributed by atoms with Crippen molar-refractivity contribution in [2.24, 2.45) is 5.73 Å². The standard InChI is InChI=1S/C26H37ClN4/c1-4-5-8-18(2)30-13-14-31(21(16-28)17-30)19(3)20-11-12-23-25(15-20)29-24-10-7-6-9-22(24)26(23)27/h11-12,15,19,21H,2,4-10,13-14,16-17,28H2,1,3H3. The highest BCUT2D eigenvalue weighted by Crippen LogP contribution is 2.35. The highest BCUT2D eigenvalue weighted by atomic mass is 35.5. The van der Waals surface area contributed by atoms with E-state index in [2.05, 4.69) is 48.4 Å². The molecular formula is C26H37ClN4. The number of halogens is 1. The summed E-state index contributed by atoms with van der Waals surface area (Å²) in [5.74, 6) is 0. The lowest BCUT2D eigenvalue weighted by Crippen LogP contribution is -2.55. The number of fused-ring (bicyclic) bond motifs is 2. The van der Waals surface area contributed by atoms with E-state index in [0.29, 0.717) is 18.6 Å². The van der Waals surface area contributed by atoms with Crippen LogP contribution in [0.1, 0.15) is 68.8 Å². The molecule has 4 rings (SSSR count). The zero-order valence-corrected chi connectivity index (χ0v) is 19.9. The summed E-state index contributed by atoms with van der Waals surface area (Å²) < 4.78 is 0. The van der Waals surface area contributed by atoms with Crippen LogP contribution < -0.4 is 5.73 Å². The third-order valence-corrected chi connectivity index (χ3v) is 7.70. The number of allylic oxidation sites excluding steroid dienone is 1. The number of pyridine rings is 1. The fourth-order valence-electron chi connectivity index (χ4n) is 5.25. The van der Waals surface area contributed by atoms with Crippen LogP contribution in [0.5, 0.6) is 0 Å². The van der Waals surface area contributed by atoms with Gasteiger partial charge in [-0.25, -0.2) is 0 Å². The van der Waals surface area contributed by atoms with E-state index in [9.17, 15) is 0 Å². The Hall–Kier alpha value is -1.62. The first-order chi connectivity index (χ1) is 15.0. The first-order valence-corrected chi connectivity index (χ1v) is 12.4. The van der Waals surface area contributed by atoms with Crippen LogP contribution in [0.3, 0.4) is 0 Å². The zero-order chi connectivity index (χ0) is 22.0. The number of nitrogens with zero attached hydrogens (tertiary/aromatic N) is 3. The lowest BCUT2D eigenvalue weighted by molar-refractivity contribution is 0.0639. The summed E-state index contributed by atoms with van der Waals surface area (Å²) in [6.07, 6.45) is 8.03. The maximum Gasteiger partial charge on any atom is 0.0723 e. The Morgan fingerprint density at radius 1 is 1.29 bits per heavy atom. The minimum atomic E-state index is 0.292. The Morgan fingerprint density at radius 3 is 2.87 bits per heavy atom. The highest BCUT2D eigenvalue weighted by Gasteiger charge is 2.30. The van der Waals surface area contributed by atoms with Crippen LogP contribution in [0.2, 0.25) is 5.02 Å². The fourth-order valence-corrected chi connectivity index (χ4v) is 5.61. The third-order valence-electron chi connectivity index (χ3n) is 7.26. The molecule has 0 amide bonds. The molecule has 168 valence electrons. The summed E-state index contributed by atoms with van der Waals surface area (Å²) in [6, 6.07) is 7.28. The molecule has 0 radical (unpaired) electrons. The van der Waals surface area contributed by atoms with Crippen molar-refractivity contribution in [1.82, 2.24) is 14.8 Å². The molecule has 1 fully saturated rings. The minimum absolute atomic E-state index is 0.292. The Morgan fingerprint density at radius 2 is 2.10 bits per heavy atom. The van der Waals surface area contributed by atoms with Crippen molar-refractivity contribution in [3.8, 4) is 0 Å². The molecule has 2 heterocycles. The van der Waals surface area contributed by atoms with Gasteiger partial charge in [-0.2, -0.15) is 0 Å². The van der Waals surface area contributed by atoms with Gasteiger partial charge in [0.2, 0.25) is 0 Å². The number of aromatic nitrogens is 1. The van der Waals surface area contributed by atoms with Crippen molar-refractivity contribution in [2.45, 2.75) is 70.9 Å². The summed E-state index contributed by atoms with van der Waals surface area (Å²) in [4.78, 5) is 10.0. The van der Waals surface area contributed by atoms with Crippen molar-refractivity contribution < 1.29 is 0 Å². The number of nitrogens with two attached hydrogens (primary N) is 1. The van der Waals surface area contributed by atoms with Crippen molar-refractivity contribution >= 4 is 22.5 Å². The van der Waals surface area contributed by atoms with Crippen molar-refractivity contribution in [2.75, 3.05) is 26.2 Å². The predicted octanol–water partition coefficient (Wildman–Crippen LogP) is 5.48. The van der Waals surface area contributed by atoms with Gasteiger partial charge in [-0.05, 0) is 62.6 Å². The second kappa shape index (κ2) is 9.89. The molecule has 2 N–H and O–H groups in total. The Labute approximate surface area is 192 Å². The van der Waals surface area contributed by atoms with Crippen molar-refractivity contribution in [3.63, 3.8) is 0 Å². The van der Waals surface area contributed by atoms with E-state index in [-0.39, 0.29) is 0 Å². The molecule has 1 aliphatic heterocycles. The summed E-state index contributed by atoms with van der Waals surface area (Å²) in [6.45, 7) is 12.5. The van der Waals surface area contributed by atoms with Gasteiger partial charge in [-0.3, -0.25) is 9.88 Å². The molecule has 5 heteroatoms. The quantitative estimate of drug-likeness (QED) is 0.619. The van der Waals surface area contributed by atoms with E-state index in [1.54, 1.807) is 0 Å². The highest BCUT2D eigenvalue weighted by molar-refractivity contribution is 6.36. The number of benzene rings is 1. The van der Waals surface area contributed by atoms with Gasteiger partial charge in [-0.1, -0.05) is 43.7 Å². The van der Waals surface area contributed by atoms with E-state index in [1.165, 1.54) is 48.2 Å². The van der Waals surface area contributed by atoms with Crippen molar-refractivity contribution in [1.29, 1.82) is 0 Å². The monoisotopic (exact) mass is 440 g/mol. The molecule has 2 aliphatic rings. The molecule has 1 aliphatic carbocycles. The smallest absolute Gasteiger partial charge is 0.0723 e. The molecule has 0 saturated carbocycles. The van der Waals surface area contributed by atoms with Crippen LogP contribution in [-0.2, 0) is 12.8 Å². The molecule has 1 saturated heterocycles. The largest absolute Gasteiger partial charge is 0.372 e. The lowest BCUT2D eigenvalue weighted by atomic mass is 9.93. The number of hydrogen-bond acceptors (Lipinski definition) is 4. The number of rotatable bonds is 7. The van der Waals surface area contributed by atoms with Crippen LogP contribution in [-0.4, -0.2) is 47.0 Å². The maximum atomic E-state index is 6.79. The number of aryl methyl sites for hydroxylation is 1. The second-order valence-corrected chi connectivity index (χ2v) is 9.63. The molecule has 2 unspecified atom stereocenters. The summed E-state index contributed by atoms with van der Waals surface area (Å²) >= 11 is 6.79. The van der Waals surface area contributed by atoms with Crippen molar-refractivity contribution in [3.05, 3.63) is 52.3 Å². The van der Waals surface area contributed by atoms with Crippen LogP contribution in [0.25, 0.3) is 10.9 Å². The van der Waals surface area contributed by atoms with Gasteiger partial charge < -0.3 is 10.6 Å². The molecule has 2 atom stereocenters. The first kappa shape index (κ1) is 22.6. The Bertz CT molecular complexity index is 941. The topological polar surface area (TPSA) is 45.4 Å². The minimum Gasteiger partial charge on any atom is -0.372 e. The average molecular weight is 441 g/mol. The Balaban J connectivity index is 1.54. The molecule has 31 heavy (non-hydrogen) atoms. The van der Waals surface area contributed by atoms with Crippen LogP contribution >= 0.6 is 11.6 Å². The van der Waals surface area contributed by atoms with Gasteiger partial charge in [0.15, 0.2) is 0 Å². The maximum absolute atomic E-state index is 6.79. The van der Waals surface area contributed by atoms with E-state index in [0.717, 1.165) is 54.8 Å². The first-order valence-electron chi connectivity index (χ1n) is 12.0. The van der Waals surface area contributed by atoms with Gasteiger partial charge in [0.05, 0.1) is 10.5 Å². The number of unbranched alkanes of at least 4 members (excludes halogenated alkanes) is 1. The van der Waals surface area contributed by atoms with Gasteiger partial charge in [0, 0.05) is 55.0 Å². The molecule has 1 aromatic carbocycles. The lowest BCUT2D eigenvalue weighted by Gasteiger charge is -2.45. The SMILES string of the molecule is C=C(CCCC)N1CCN(C(C)c2ccc3c(Cl)c4c(nc3c2)CCCC4)C(CN)C1. The van der Waals surface area contributed by atoms with Crippen LogP contribution in [0, 0.1) is 0 Å². The van der Waals surface area contributed by atoms with E-state index in [1.807, 2.05) is 0 Å². The number of piperazine rings is 1. The van der Waals surface area contributed by atoms with E-state index < -0.39 is 0 Å². The second-order valence-electron chi connectivity index (χ2n) is 9.25. The normalized spacial score (nSPS) is 20.6. The van der Waals surface area contributed by atoms with Crippen LogP contribution in [0.4, 0.5) is 0 Å². The molecule has 1 aromatic heterocycles. The predicted molar refractivity (Wildman–Crippen MR) is 132 cm³/mol. The molecule has 0 spiro atoms. The van der Waals surface area contributed by atoms with Gasteiger partial charge in [0.1, 0.15) is 0 Å². The Kier molecular flexibility index (Phi) is 7.20. The summed E-state index contributed by atoms with van der Waals surface area (Å²) in [7, 11) is 0. The zero-order valence-electron chi connectivity index (χ0n) is 19.2. The molecule has 4 nitrogen and oxygen atoms in total. The summed E-state index contributed by atoms with van der Waals surface area (Å²) in [5, 5.41) is 2.00. The van der Waals surface area contributed by atoms with Crippen LogP contribution in [0.15, 0.2) is 30.5 Å². The molecule has 2 aromatic rings. The van der Waals surface area contributed by atoms with E-state index >= 15 is 0 Å². The third kappa shape index (κ3) is 4.62. The van der Waals surface area contributed by atoms with E-state index in [4.69, 9.17) is 22.3 Å². The number of hydrogen-bond donors (Lipinski definition) is 1. The fraction of sp³-hybridized carbons (Fsp3) is 0.577. The van der Waals surface area contributed by atoms with Gasteiger partial charge >= 0.3 is 0 Å². The van der Waals surface area contributed by atoms with Gasteiger partial charge in [0.25, 0.3) is 0 Å².